The minimum Gasteiger partial charge on any atom is -0.493 e. The first-order chi connectivity index (χ1) is 13.1. The molecule has 0 saturated carbocycles. The number of hydrogen-bond donors (Lipinski definition) is 1. The van der Waals surface area contributed by atoms with Crippen molar-refractivity contribution in [2.24, 2.45) is 0 Å². The molecular weight excluding hydrogens is 382 g/mol. The lowest BCUT2D eigenvalue weighted by Crippen LogP contribution is -2.26. The van der Waals surface area contributed by atoms with E-state index in [1.807, 2.05) is 46.7 Å². The molecule has 0 aromatic heterocycles. The molecule has 0 radical (unpaired) electrons. The maximum absolute atomic E-state index is 12.2. The van der Waals surface area contributed by atoms with Crippen molar-refractivity contribution >= 4 is 27.5 Å². The van der Waals surface area contributed by atoms with Crippen molar-refractivity contribution in [3.63, 3.8) is 0 Å². The van der Waals surface area contributed by atoms with Gasteiger partial charge in [-0.05, 0) is 43.9 Å². The topological polar surface area (TPSA) is 56.8 Å². The Morgan fingerprint density at radius 1 is 1.26 bits per heavy atom. The summed E-state index contributed by atoms with van der Waals surface area (Å²) < 4.78 is 16.1. The van der Waals surface area contributed by atoms with Crippen LogP contribution < -0.4 is 14.8 Å². The molecule has 1 aromatic rings. The first kappa shape index (κ1) is 22.2. The second-order valence-corrected chi connectivity index (χ2v) is 9.40. The largest absolute Gasteiger partial charge is 0.493 e. The molecule has 1 aromatic carbocycles. The molecule has 2 unspecified atom stereocenters. The van der Waals surface area contributed by atoms with Gasteiger partial charge in [0.25, 0.3) is 0 Å². The predicted molar refractivity (Wildman–Crippen MR) is 114 cm³/mol. The minimum absolute atomic E-state index is 0.0683. The van der Waals surface area contributed by atoms with Crippen molar-refractivity contribution in [1.29, 1.82) is 0 Å². The van der Waals surface area contributed by atoms with Crippen LogP contribution in [-0.4, -0.2) is 44.3 Å². The molecule has 1 fully saturated rings. The monoisotopic (exact) mass is 413 g/mol. The van der Waals surface area contributed by atoms with E-state index >= 15 is 0 Å². The van der Waals surface area contributed by atoms with Crippen molar-refractivity contribution < 1.29 is 19.0 Å². The molecular formula is C20H31NO4S2. The molecule has 1 saturated heterocycles. The maximum atomic E-state index is 12.2. The highest BCUT2D eigenvalue weighted by atomic mass is 33.1. The summed E-state index contributed by atoms with van der Waals surface area (Å²) in [7, 11) is 7.24. The number of amides is 1. The summed E-state index contributed by atoms with van der Waals surface area (Å²) in [4.78, 5) is 12.2. The van der Waals surface area contributed by atoms with Crippen molar-refractivity contribution in [3.05, 3.63) is 23.8 Å². The van der Waals surface area contributed by atoms with Gasteiger partial charge in [0.15, 0.2) is 11.5 Å². The molecule has 2 atom stereocenters. The molecule has 152 valence electrons. The Hall–Kier alpha value is -1.05. The van der Waals surface area contributed by atoms with Crippen LogP contribution in [0.3, 0.4) is 0 Å². The van der Waals surface area contributed by atoms with Crippen molar-refractivity contribution in [1.82, 2.24) is 5.32 Å². The van der Waals surface area contributed by atoms with Gasteiger partial charge in [-0.2, -0.15) is 0 Å². The lowest BCUT2D eigenvalue weighted by Gasteiger charge is -2.17. The molecule has 27 heavy (non-hydrogen) atoms. The standard InChI is InChI=1S/C20H31NO4S2/c1-15(21-20(22)7-5-4-6-17-10-13-26-27-17)16-8-9-18(19(14-16)24-3)25-12-11-23-2/h8-9,14-15,17H,4-7,10-13H2,1-3H3,(H,21,22). The van der Waals surface area contributed by atoms with Crippen LogP contribution in [0.5, 0.6) is 11.5 Å². The predicted octanol–water partition coefficient (Wildman–Crippen LogP) is 4.61. The molecule has 1 aliphatic rings. The van der Waals surface area contributed by atoms with E-state index in [4.69, 9.17) is 14.2 Å². The van der Waals surface area contributed by atoms with E-state index in [9.17, 15) is 4.79 Å². The van der Waals surface area contributed by atoms with E-state index in [1.54, 1.807) is 14.2 Å². The van der Waals surface area contributed by atoms with Crippen LogP contribution in [-0.2, 0) is 9.53 Å². The number of ether oxygens (including phenoxy) is 3. The molecule has 7 heteroatoms. The number of hydrogen-bond acceptors (Lipinski definition) is 6. The van der Waals surface area contributed by atoms with Crippen LogP contribution >= 0.6 is 21.6 Å². The fraction of sp³-hybridized carbons (Fsp3) is 0.650. The third kappa shape index (κ3) is 7.84. The van der Waals surface area contributed by atoms with Crippen LogP contribution in [0.1, 0.15) is 50.6 Å². The van der Waals surface area contributed by atoms with E-state index in [0.717, 1.165) is 23.7 Å². The van der Waals surface area contributed by atoms with Gasteiger partial charge in [-0.15, -0.1) is 0 Å². The van der Waals surface area contributed by atoms with Crippen LogP contribution in [0.4, 0.5) is 0 Å². The number of benzene rings is 1. The van der Waals surface area contributed by atoms with Gasteiger partial charge >= 0.3 is 0 Å². The molecule has 0 bridgehead atoms. The Labute approximate surface area is 170 Å². The second-order valence-electron chi connectivity index (χ2n) is 6.62. The number of unbranched alkanes of at least 4 members (excludes halogenated alkanes) is 1. The minimum atomic E-state index is -0.0683. The lowest BCUT2D eigenvalue weighted by atomic mass is 10.1. The van der Waals surface area contributed by atoms with Crippen LogP contribution in [0.25, 0.3) is 0 Å². The third-order valence-electron chi connectivity index (χ3n) is 4.52. The summed E-state index contributed by atoms with van der Waals surface area (Å²) in [5, 5.41) is 3.87. The van der Waals surface area contributed by atoms with Gasteiger partial charge < -0.3 is 19.5 Å². The highest BCUT2D eigenvalue weighted by Crippen LogP contribution is 2.39. The van der Waals surface area contributed by atoms with Crippen molar-refractivity contribution in [2.45, 2.75) is 50.3 Å². The number of methoxy groups -OCH3 is 2. The van der Waals surface area contributed by atoms with E-state index < -0.39 is 0 Å². The number of carbonyl (C=O) groups is 1. The Morgan fingerprint density at radius 3 is 2.81 bits per heavy atom. The smallest absolute Gasteiger partial charge is 0.220 e. The molecule has 1 N–H and O–H groups in total. The van der Waals surface area contributed by atoms with E-state index in [0.29, 0.717) is 31.1 Å². The number of rotatable bonds is 12. The average Bonchev–Trinajstić information content (AvgIpc) is 3.19. The molecule has 5 nitrogen and oxygen atoms in total. The summed E-state index contributed by atoms with van der Waals surface area (Å²) in [6.07, 6.45) is 5.20. The van der Waals surface area contributed by atoms with Gasteiger partial charge in [-0.25, -0.2) is 0 Å². The zero-order chi connectivity index (χ0) is 19.5. The Morgan fingerprint density at radius 2 is 2.11 bits per heavy atom. The summed E-state index contributed by atoms with van der Waals surface area (Å²) in [6.45, 7) is 2.98. The highest BCUT2D eigenvalue weighted by Gasteiger charge is 2.16. The van der Waals surface area contributed by atoms with Gasteiger partial charge in [0.05, 0.1) is 19.8 Å². The normalized spacial score (nSPS) is 17.5. The zero-order valence-corrected chi connectivity index (χ0v) is 18.1. The number of carbonyl (C=O) groups excluding carboxylic acids is 1. The third-order valence-corrected chi connectivity index (χ3v) is 7.52. The van der Waals surface area contributed by atoms with Crippen LogP contribution in [0.2, 0.25) is 0 Å². The second kappa shape index (κ2) is 12.4. The van der Waals surface area contributed by atoms with Gasteiger partial charge in [0, 0.05) is 24.5 Å². The first-order valence-corrected chi connectivity index (χ1v) is 11.9. The SMILES string of the molecule is COCCOc1ccc(C(C)NC(=O)CCCCC2CCSS2)cc1OC. The van der Waals surface area contributed by atoms with Crippen LogP contribution in [0, 0.1) is 0 Å². The van der Waals surface area contributed by atoms with Gasteiger partial charge in [0.1, 0.15) is 6.61 Å². The Kier molecular flexibility index (Phi) is 10.2. The molecule has 2 rings (SSSR count). The van der Waals surface area contributed by atoms with Gasteiger partial charge in [-0.3, -0.25) is 4.79 Å². The van der Waals surface area contributed by atoms with Crippen molar-refractivity contribution in [2.75, 3.05) is 33.2 Å². The Bertz CT molecular complexity index is 579. The van der Waals surface area contributed by atoms with Gasteiger partial charge in [0.2, 0.25) is 5.91 Å². The molecule has 1 aliphatic heterocycles. The van der Waals surface area contributed by atoms with Crippen LogP contribution in [0.15, 0.2) is 18.2 Å². The summed E-state index contributed by atoms with van der Waals surface area (Å²) in [5.41, 5.74) is 0.999. The maximum Gasteiger partial charge on any atom is 0.220 e. The highest BCUT2D eigenvalue weighted by molar-refractivity contribution is 8.77. The molecule has 0 aliphatic carbocycles. The van der Waals surface area contributed by atoms with E-state index in [-0.39, 0.29) is 11.9 Å². The quantitative estimate of drug-likeness (QED) is 0.399. The van der Waals surface area contributed by atoms with Crippen molar-refractivity contribution in [3.8, 4) is 11.5 Å². The molecule has 1 amide bonds. The summed E-state index contributed by atoms with van der Waals surface area (Å²) in [6, 6.07) is 5.69. The zero-order valence-electron chi connectivity index (χ0n) is 16.5. The van der Waals surface area contributed by atoms with Gasteiger partial charge in [-0.1, -0.05) is 34.1 Å². The Balaban J connectivity index is 1.76. The fourth-order valence-corrected chi connectivity index (χ4v) is 5.95. The van der Waals surface area contributed by atoms with E-state index in [2.05, 4.69) is 5.32 Å². The summed E-state index contributed by atoms with van der Waals surface area (Å²) in [5.74, 6) is 2.72. The first-order valence-electron chi connectivity index (χ1n) is 9.51. The molecule has 0 spiro atoms. The lowest BCUT2D eigenvalue weighted by molar-refractivity contribution is -0.121. The van der Waals surface area contributed by atoms with E-state index in [1.165, 1.54) is 18.6 Å². The number of nitrogens with one attached hydrogen (secondary N) is 1. The fourth-order valence-electron chi connectivity index (χ4n) is 2.93. The molecule has 1 heterocycles. The summed E-state index contributed by atoms with van der Waals surface area (Å²) >= 11 is 0. The average molecular weight is 414 g/mol.